The van der Waals surface area contributed by atoms with Crippen LogP contribution in [-0.4, -0.2) is 47.1 Å². The molecular formula is C13H18N4O2S. The van der Waals surface area contributed by atoms with Gasteiger partial charge in [-0.15, -0.1) is 0 Å². The number of nitrogen functional groups attached to an aromatic ring is 1. The Morgan fingerprint density at radius 1 is 1.60 bits per heavy atom. The topological polar surface area (TPSA) is 91.5 Å². The van der Waals surface area contributed by atoms with Gasteiger partial charge in [0.1, 0.15) is 0 Å². The molecule has 0 bridgehead atoms. The van der Waals surface area contributed by atoms with Crippen molar-refractivity contribution in [3.05, 3.63) is 18.2 Å². The minimum Gasteiger partial charge on any atom is -0.399 e. The van der Waals surface area contributed by atoms with Crippen LogP contribution in [0.5, 0.6) is 0 Å². The molecule has 7 heteroatoms. The average Bonchev–Trinajstić information content (AvgIpc) is 2.78. The number of fused-ring (bicyclic) bond motifs is 1. The largest absolute Gasteiger partial charge is 0.399 e. The van der Waals surface area contributed by atoms with E-state index in [1.807, 2.05) is 19.1 Å². The maximum atomic E-state index is 11.9. The number of nitrogens with two attached hydrogens (primary N) is 1. The van der Waals surface area contributed by atoms with Gasteiger partial charge >= 0.3 is 0 Å². The van der Waals surface area contributed by atoms with Crippen LogP contribution in [-0.2, 0) is 4.79 Å². The van der Waals surface area contributed by atoms with Crippen LogP contribution in [0.15, 0.2) is 18.2 Å². The van der Waals surface area contributed by atoms with E-state index in [9.17, 15) is 4.79 Å². The maximum absolute atomic E-state index is 11.9. The lowest BCUT2D eigenvalue weighted by Gasteiger charge is -2.21. The molecule has 0 aliphatic heterocycles. The van der Waals surface area contributed by atoms with Crippen LogP contribution < -0.4 is 11.1 Å². The van der Waals surface area contributed by atoms with Crippen LogP contribution >= 0.6 is 11.3 Å². The summed E-state index contributed by atoms with van der Waals surface area (Å²) in [5.41, 5.74) is 7.20. The molecule has 1 amide bonds. The van der Waals surface area contributed by atoms with E-state index < -0.39 is 0 Å². The fraction of sp³-hybridized carbons (Fsp3) is 0.385. The van der Waals surface area contributed by atoms with Crippen LogP contribution in [0, 0.1) is 0 Å². The summed E-state index contributed by atoms with van der Waals surface area (Å²) in [7, 11) is 1.79. The highest BCUT2D eigenvalue weighted by atomic mass is 32.1. The number of rotatable bonds is 5. The highest BCUT2D eigenvalue weighted by molar-refractivity contribution is 7.22. The molecule has 20 heavy (non-hydrogen) atoms. The molecule has 1 aromatic carbocycles. The maximum Gasteiger partial charge on any atom is 0.240 e. The average molecular weight is 294 g/mol. The van der Waals surface area contributed by atoms with Gasteiger partial charge in [-0.3, -0.25) is 9.69 Å². The monoisotopic (exact) mass is 294 g/mol. The standard InChI is InChI=1S/C13H18N4O2S/c1-8(7-18)17(2)6-12(19)16-13-15-10-4-3-9(14)5-11(10)20-13/h3-5,8,18H,6-7,14H2,1-2H3,(H,15,16,19). The minimum atomic E-state index is -0.153. The van der Waals surface area contributed by atoms with Gasteiger partial charge in [0.2, 0.25) is 5.91 Å². The van der Waals surface area contributed by atoms with E-state index in [-0.39, 0.29) is 25.1 Å². The number of amides is 1. The number of thiazole rings is 1. The molecule has 0 fully saturated rings. The van der Waals surface area contributed by atoms with E-state index in [2.05, 4.69) is 10.3 Å². The van der Waals surface area contributed by atoms with Gasteiger partial charge in [0.15, 0.2) is 5.13 Å². The Labute approximate surface area is 121 Å². The zero-order chi connectivity index (χ0) is 14.7. The Hall–Kier alpha value is -1.70. The number of aliphatic hydroxyl groups excluding tert-OH is 1. The van der Waals surface area contributed by atoms with Gasteiger partial charge in [0.25, 0.3) is 0 Å². The summed E-state index contributed by atoms with van der Waals surface area (Å²) in [4.78, 5) is 18.0. The molecule has 1 atom stereocenters. The van der Waals surface area contributed by atoms with Gasteiger partial charge in [0, 0.05) is 11.7 Å². The van der Waals surface area contributed by atoms with E-state index in [1.165, 1.54) is 11.3 Å². The summed E-state index contributed by atoms with van der Waals surface area (Å²) < 4.78 is 0.942. The van der Waals surface area contributed by atoms with Crippen molar-refractivity contribution in [3.8, 4) is 0 Å². The number of carbonyl (C=O) groups is 1. The third kappa shape index (κ3) is 3.44. The number of hydrogen-bond donors (Lipinski definition) is 3. The number of aliphatic hydroxyl groups is 1. The van der Waals surface area contributed by atoms with Crippen molar-refractivity contribution in [2.24, 2.45) is 0 Å². The zero-order valence-electron chi connectivity index (χ0n) is 11.5. The van der Waals surface area contributed by atoms with Crippen molar-refractivity contribution in [2.75, 3.05) is 31.2 Å². The van der Waals surface area contributed by atoms with Gasteiger partial charge in [-0.25, -0.2) is 4.98 Å². The SMILES string of the molecule is CC(CO)N(C)CC(=O)Nc1nc2ccc(N)cc2s1. The highest BCUT2D eigenvalue weighted by Crippen LogP contribution is 2.27. The van der Waals surface area contributed by atoms with Crippen LogP contribution in [0.1, 0.15) is 6.92 Å². The summed E-state index contributed by atoms with van der Waals surface area (Å²) in [6, 6.07) is 5.39. The number of benzene rings is 1. The second-order valence-corrected chi connectivity index (χ2v) is 5.77. The number of aromatic nitrogens is 1. The Morgan fingerprint density at radius 3 is 3.05 bits per heavy atom. The molecule has 0 saturated heterocycles. The quantitative estimate of drug-likeness (QED) is 0.719. The van der Waals surface area contributed by atoms with E-state index >= 15 is 0 Å². The van der Waals surface area contributed by atoms with E-state index in [4.69, 9.17) is 10.8 Å². The van der Waals surface area contributed by atoms with Gasteiger partial charge in [-0.2, -0.15) is 0 Å². The number of hydrogen-bond acceptors (Lipinski definition) is 6. The summed E-state index contributed by atoms with van der Waals surface area (Å²) in [5.74, 6) is -0.153. The first-order valence-corrected chi connectivity index (χ1v) is 7.08. The summed E-state index contributed by atoms with van der Waals surface area (Å²) in [6.07, 6.45) is 0. The zero-order valence-corrected chi connectivity index (χ0v) is 12.3. The molecule has 1 unspecified atom stereocenters. The molecule has 0 saturated carbocycles. The fourth-order valence-electron chi connectivity index (χ4n) is 1.68. The lowest BCUT2D eigenvalue weighted by Crippen LogP contribution is -2.38. The molecule has 0 spiro atoms. The van der Waals surface area contributed by atoms with Crippen LogP contribution in [0.3, 0.4) is 0 Å². The molecule has 6 nitrogen and oxygen atoms in total. The number of anilines is 2. The first-order valence-electron chi connectivity index (χ1n) is 6.26. The second-order valence-electron chi connectivity index (χ2n) is 4.74. The Kier molecular flexibility index (Phi) is 4.53. The smallest absolute Gasteiger partial charge is 0.240 e. The van der Waals surface area contributed by atoms with E-state index in [0.29, 0.717) is 10.8 Å². The van der Waals surface area contributed by atoms with Crippen molar-refractivity contribution in [1.29, 1.82) is 0 Å². The predicted octanol–water partition coefficient (Wildman–Crippen LogP) is 1.13. The third-order valence-electron chi connectivity index (χ3n) is 3.07. The van der Waals surface area contributed by atoms with Crippen molar-refractivity contribution in [1.82, 2.24) is 9.88 Å². The summed E-state index contributed by atoms with van der Waals surface area (Å²) in [5, 5.41) is 12.4. The lowest BCUT2D eigenvalue weighted by molar-refractivity contribution is -0.117. The molecule has 108 valence electrons. The highest BCUT2D eigenvalue weighted by Gasteiger charge is 2.13. The third-order valence-corrected chi connectivity index (χ3v) is 4.00. The van der Waals surface area contributed by atoms with Crippen molar-refractivity contribution >= 4 is 38.3 Å². The normalized spacial score (nSPS) is 12.8. The number of nitrogens with zero attached hydrogens (tertiary/aromatic N) is 2. The Balaban J connectivity index is 2.02. The molecule has 2 aromatic rings. The van der Waals surface area contributed by atoms with E-state index in [0.717, 1.165) is 10.2 Å². The van der Waals surface area contributed by atoms with Gasteiger partial charge in [0.05, 0.1) is 23.4 Å². The number of nitrogens with one attached hydrogen (secondary N) is 1. The van der Waals surface area contributed by atoms with Gasteiger partial charge in [-0.05, 0) is 32.2 Å². The van der Waals surface area contributed by atoms with Crippen LogP contribution in [0.2, 0.25) is 0 Å². The fourth-order valence-corrected chi connectivity index (χ4v) is 2.61. The van der Waals surface area contributed by atoms with Gasteiger partial charge < -0.3 is 16.2 Å². The molecule has 1 heterocycles. The second kappa shape index (κ2) is 6.17. The molecule has 0 aliphatic carbocycles. The summed E-state index contributed by atoms with van der Waals surface area (Å²) >= 11 is 1.39. The summed E-state index contributed by atoms with van der Waals surface area (Å²) in [6.45, 7) is 2.08. The molecule has 0 aliphatic rings. The lowest BCUT2D eigenvalue weighted by atomic mass is 10.3. The van der Waals surface area contributed by atoms with Crippen LogP contribution in [0.25, 0.3) is 10.2 Å². The predicted molar refractivity (Wildman–Crippen MR) is 81.8 cm³/mol. The van der Waals surface area contributed by atoms with Crippen molar-refractivity contribution in [2.45, 2.75) is 13.0 Å². The number of likely N-dealkylation sites (N-methyl/N-ethyl adjacent to an activating group) is 1. The van der Waals surface area contributed by atoms with Gasteiger partial charge in [-0.1, -0.05) is 11.3 Å². The Morgan fingerprint density at radius 2 is 2.35 bits per heavy atom. The molecule has 0 radical (unpaired) electrons. The first kappa shape index (κ1) is 14.7. The molecule has 4 N–H and O–H groups in total. The number of carbonyl (C=O) groups excluding carboxylic acids is 1. The van der Waals surface area contributed by atoms with E-state index in [1.54, 1.807) is 18.0 Å². The molecule has 2 rings (SSSR count). The van der Waals surface area contributed by atoms with Crippen molar-refractivity contribution in [3.63, 3.8) is 0 Å². The van der Waals surface area contributed by atoms with Crippen molar-refractivity contribution < 1.29 is 9.90 Å². The van der Waals surface area contributed by atoms with Crippen LogP contribution in [0.4, 0.5) is 10.8 Å². The first-order chi connectivity index (χ1) is 9.49. The molecular weight excluding hydrogens is 276 g/mol. The minimum absolute atomic E-state index is 0.0181. The Bertz CT molecular complexity index is 613. The molecule has 1 aromatic heterocycles.